The number of nitrogens with one attached hydrogen (secondary N) is 1. The van der Waals surface area contributed by atoms with E-state index >= 15 is 0 Å². The van der Waals surface area contributed by atoms with Gasteiger partial charge in [0, 0.05) is 36.8 Å². The van der Waals surface area contributed by atoms with Gasteiger partial charge in [0.1, 0.15) is 0 Å². The molecule has 1 aliphatic rings. The van der Waals surface area contributed by atoms with Gasteiger partial charge >= 0.3 is 0 Å². The lowest BCUT2D eigenvalue weighted by Gasteiger charge is -2.27. The minimum Gasteiger partial charge on any atom is -0.370 e. The molecule has 3 N–H and O–H groups in total. The van der Waals surface area contributed by atoms with Crippen LogP contribution < -0.4 is 11.1 Å². The molecule has 1 saturated heterocycles. The zero-order chi connectivity index (χ0) is 15.8. The summed E-state index contributed by atoms with van der Waals surface area (Å²) in [5.41, 5.74) is 6.72. The molecule has 0 spiro atoms. The number of piperidine rings is 1. The highest BCUT2D eigenvalue weighted by Crippen LogP contribution is 2.13. The molecule has 0 aliphatic carbocycles. The Bertz CT molecular complexity index is 509. The van der Waals surface area contributed by atoms with Gasteiger partial charge in [-0.1, -0.05) is 11.6 Å². The smallest absolute Gasteiger partial charge is 0.224 e. The highest BCUT2D eigenvalue weighted by atomic mass is 35.5. The Morgan fingerprint density at radius 3 is 2.59 bits per heavy atom. The number of aliphatic imine (C=N–C) groups is 1. The monoisotopic (exact) mass is 322 g/mol. The van der Waals surface area contributed by atoms with Gasteiger partial charge in [0.15, 0.2) is 5.96 Å². The Hall–Kier alpha value is -1.75. The maximum Gasteiger partial charge on any atom is 0.224 e. The summed E-state index contributed by atoms with van der Waals surface area (Å²) >= 11 is 5.80. The third-order valence-electron chi connectivity index (χ3n) is 3.64. The van der Waals surface area contributed by atoms with Gasteiger partial charge < -0.3 is 16.0 Å². The first kappa shape index (κ1) is 16.6. The summed E-state index contributed by atoms with van der Waals surface area (Å²) in [6.07, 6.45) is 4.75. The molecule has 1 heterocycles. The van der Waals surface area contributed by atoms with Crippen molar-refractivity contribution in [3.05, 3.63) is 29.3 Å². The average Bonchev–Trinajstić information content (AvgIpc) is 2.54. The molecular formula is C16H23ClN4O. The lowest BCUT2D eigenvalue weighted by Crippen LogP contribution is -2.40. The molecule has 1 aliphatic heterocycles. The van der Waals surface area contributed by atoms with E-state index in [9.17, 15) is 4.79 Å². The van der Waals surface area contributed by atoms with Crippen molar-refractivity contribution in [2.75, 3.05) is 25.0 Å². The van der Waals surface area contributed by atoms with Crippen LogP contribution in [-0.4, -0.2) is 36.4 Å². The largest absolute Gasteiger partial charge is 0.370 e. The molecule has 6 heteroatoms. The van der Waals surface area contributed by atoms with Crippen LogP contribution >= 0.6 is 11.6 Å². The van der Waals surface area contributed by atoms with Gasteiger partial charge in [0.2, 0.25) is 5.91 Å². The van der Waals surface area contributed by atoms with Crippen LogP contribution in [0.2, 0.25) is 5.02 Å². The highest BCUT2D eigenvalue weighted by molar-refractivity contribution is 6.30. The van der Waals surface area contributed by atoms with Crippen molar-refractivity contribution in [1.29, 1.82) is 0 Å². The number of nitrogens with zero attached hydrogens (tertiary/aromatic N) is 2. The Kier molecular flexibility index (Phi) is 6.52. The van der Waals surface area contributed by atoms with Crippen LogP contribution in [0.1, 0.15) is 32.1 Å². The van der Waals surface area contributed by atoms with Crippen molar-refractivity contribution < 1.29 is 4.79 Å². The predicted octanol–water partition coefficient (Wildman–Crippen LogP) is 2.86. The van der Waals surface area contributed by atoms with Gasteiger partial charge in [-0.3, -0.25) is 9.79 Å². The summed E-state index contributed by atoms with van der Waals surface area (Å²) in [5, 5.41) is 3.49. The summed E-state index contributed by atoms with van der Waals surface area (Å²) in [6.45, 7) is 2.56. The second-order valence-corrected chi connectivity index (χ2v) is 5.88. The normalized spacial score (nSPS) is 15.7. The van der Waals surface area contributed by atoms with Crippen LogP contribution in [0.4, 0.5) is 5.69 Å². The maximum absolute atomic E-state index is 11.8. The van der Waals surface area contributed by atoms with Gasteiger partial charge in [0.05, 0.1) is 0 Å². The van der Waals surface area contributed by atoms with Gasteiger partial charge in [-0.25, -0.2) is 0 Å². The number of hydrogen-bond acceptors (Lipinski definition) is 2. The first-order chi connectivity index (χ1) is 10.6. The van der Waals surface area contributed by atoms with E-state index in [0.29, 0.717) is 30.4 Å². The number of rotatable bonds is 5. The fourth-order valence-electron chi connectivity index (χ4n) is 2.41. The number of carbonyl (C=O) groups is 1. The summed E-state index contributed by atoms with van der Waals surface area (Å²) in [6, 6.07) is 7.07. The molecule has 22 heavy (non-hydrogen) atoms. The SMILES string of the molecule is NC(=NCCCC(=O)Nc1ccc(Cl)cc1)N1CCCCC1. The van der Waals surface area contributed by atoms with Crippen molar-refractivity contribution in [3.8, 4) is 0 Å². The van der Waals surface area contributed by atoms with Crippen LogP contribution in [0.5, 0.6) is 0 Å². The number of carbonyl (C=O) groups excluding carboxylic acids is 1. The zero-order valence-electron chi connectivity index (χ0n) is 12.7. The van der Waals surface area contributed by atoms with Crippen LogP contribution in [0.15, 0.2) is 29.3 Å². The molecule has 0 bridgehead atoms. The molecule has 0 aromatic heterocycles. The van der Waals surface area contributed by atoms with Crippen molar-refractivity contribution in [1.82, 2.24) is 4.90 Å². The number of amides is 1. The first-order valence-electron chi connectivity index (χ1n) is 7.75. The fraction of sp³-hybridized carbons (Fsp3) is 0.500. The predicted molar refractivity (Wildman–Crippen MR) is 91.2 cm³/mol. The third-order valence-corrected chi connectivity index (χ3v) is 3.90. The molecule has 0 radical (unpaired) electrons. The van der Waals surface area contributed by atoms with E-state index in [4.69, 9.17) is 17.3 Å². The minimum absolute atomic E-state index is 0.0194. The summed E-state index contributed by atoms with van der Waals surface area (Å²) < 4.78 is 0. The van der Waals surface area contributed by atoms with E-state index in [1.807, 2.05) is 0 Å². The van der Waals surface area contributed by atoms with E-state index in [2.05, 4.69) is 15.2 Å². The quantitative estimate of drug-likeness (QED) is 0.497. The Labute approximate surface area is 136 Å². The zero-order valence-corrected chi connectivity index (χ0v) is 13.5. The lowest BCUT2D eigenvalue weighted by molar-refractivity contribution is -0.116. The number of benzene rings is 1. The lowest BCUT2D eigenvalue weighted by atomic mass is 10.1. The molecule has 0 unspecified atom stereocenters. The number of hydrogen-bond donors (Lipinski definition) is 2. The van der Waals surface area contributed by atoms with Gasteiger partial charge in [-0.15, -0.1) is 0 Å². The number of anilines is 1. The third kappa shape index (κ3) is 5.56. The summed E-state index contributed by atoms with van der Waals surface area (Å²) in [7, 11) is 0. The second-order valence-electron chi connectivity index (χ2n) is 5.45. The topological polar surface area (TPSA) is 70.7 Å². The Morgan fingerprint density at radius 1 is 1.23 bits per heavy atom. The van der Waals surface area contributed by atoms with E-state index in [1.54, 1.807) is 24.3 Å². The van der Waals surface area contributed by atoms with Crippen molar-refractivity contribution in [2.45, 2.75) is 32.1 Å². The van der Waals surface area contributed by atoms with Crippen molar-refractivity contribution >= 4 is 29.2 Å². The molecule has 1 amide bonds. The van der Waals surface area contributed by atoms with E-state index in [1.165, 1.54) is 19.3 Å². The molecule has 2 rings (SSSR count). The maximum atomic E-state index is 11.8. The van der Waals surface area contributed by atoms with Crippen LogP contribution in [-0.2, 0) is 4.79 Å². The van der Waals surface area contributed by atoms with E-state index in [-0.39, 0.29) is 5.91 Å². The molecular weight excluding hydrogens is 300 g/mol. The molecule has 0 saturated carbocycles. The van der Waals surface area contributed by atoms with Gasteiger partial charge in [0.25, 0.3) is 0 Å². The summed E-state index contributed by atoms with van der Waals surface area (Å²) in [5.74, 6) is 0.590. The Morgan fingerprint density at radius 2 is 1.91 bits per heavy atom. The van der Waals surface area contributed by atoms with Crippen LogP contribution in [0.3, 0.4) is 0 Å². The van der Waals surface area contributed by atoms with Crippen molar-refractivity contribution in [2.24, 2.45) is 10.7 Å². The van der Waals surface area contributed by atoms with Crippen molar-refractivity contribution in [3.63, 3.8) is 0 Å². The number of likely N-dealkylation sites (tertiary alicyclic amines) is 1. The molecule has 1 fully saturated rings. The van der Waals surface area contributed by atoms with Gasteiger partial charge in [-0.05, 0) is 49.9 Å². The highest BCUT2D eigenvalue weighted by Gasteiger charge is 2.11. The second kappa shape index (κ2) is 8.63. The summed E-state index contributed by atoms with van der Waals surface area (Å²) in [4.78, 5) is 18.3. The number of halogens is 1. The molecule has 1 aromatic carbocycles. The van der Waals surface area contributed by atoms with E-state index < -0.39 is 0 Å². The Balaban J connectivity index is 1.67. The number of nitrogens with two attached hydrogens (primary N) is 1. The van der Waals surface area contributed by atoms with Crippen LogP contribution in [0, 0.1) is 0 Å². The molecule has 5 nitrogen and oxygen atoms in total. The van der Waals surface area contributed by atoms with Crippen LogP contribution in [0.25, 0.3) is 0 Å². The molecule has 0 atom stereocenters. The minimum atomic E-state index is -0.0194. The van der Waals surface area contributed by atoms with E-state index in [0.717, 1.165) is 18.8 Å². The fourth-order valence-corrected chi connectivity index (χ4v) is 2.54. The molecule has 120 valence electrons. The first-order valence-corrected chi connectivity index (χ1v) is 8.13. The van der Waals surface area contributed by atoms with Gasteiger partial charge in [-0.2, -0.15) is 0 Å². The molecule has 1 aromatic rings. The standard InChI is InChI=1S/C16H23ClN4O/c17-13-6-8-14(9-7-13)20-15(22)5-4-10-19-16(18)21-11-2-1-3-12-21/h6-9H,1-5,10-12H2,(H2,18,19)(H,20,22). The number of guanidine groups is 1. The average molecular weight is 323 g/mol.